The number of rotatable bonds is 1. The number of aromatic nitrogens is 2. The van der Waals surface area contributed by atoms with Crippen LogP contribution >= 0.6 is 0 Å². The molecule has 0 aromatic carbocycles. The average Bonchev–Trinajstić information content (AvgIpc) is 2.50. The van der Waals surface area contributed by atoms with Crippen molar-refractivity contribution < 1.29 is 0 Å². The second kappa shape index (κ2) is 3.62. The van der Waals surface area contributed by atoms with Crippen LogP contribution in [0.5, 0.6) is 0 Å². The Kier molecular flexibility index (Phi) is 2.53. The predicted octanol–water partition coefficient (Wildman–Crippen LogP) is 3.50. The fourth-order valence-corrected chi connectivity index (χ4v) is 2.11. The summed E-state index contributed by atoms with van der Waals surface area (Å²) < 4.78 is 2.20. The molecule has 0 saturated heterocycles. The van der Waals surface area contributed by atoms with Crippen molar-refractivity contribution >= 4 is 5.65 Å². The van der Waals surface area contributed by atoms with Crippen LogP contribution in [0.4, 0.5) is 0 Å². The standard InChI is InChI=1S/C14H20N2/c1-6-12-10(2)15-13-9-11(14(3,4)5)7-8-16(12)13/h7-9H,6H2,1-5H3. The van der Waals surface area contributed by atoms with Gasteiger partial charge < -0.3 is 4.40 Å². The van der Waals surface area contributed by atoms with Crippen LogP contribution in [0.15, 0.2) is 18.3 Å². The van der Waals surface area contributed by atoms with Crippen LogP contribution in [0.2, 0.25) is 0 Å². The molecule has 0 aliphatic heterocycles. The molecule has 0 bridgehead atoms. The second-order valence-electron chi connectivity index (χ2n) is 5.39. The molecule has 0 saturated carbocycles. The molecule has 2 nitrogen and oxygen atoms in total. The van der Waals surface area contributed by atoms with Crippen LogP contribution in [0, 0.1) is 6.92 Å². The van der Waals surface area contributed by atoms with Crippen molar-refractivity contribution in [2.45, 2.75) is 46.5 Å². The minimum atomic E-state index is 0.188. The predicted molar refractivity (Wildman–Crippen MR) is 68.0 cm³/mol. The monoisotopic (exact) mass is 216 g/mol. The lowest BCUT2D eigenvalue weighted by atomic mass is 9.88. The molecule has 2 aromatic heterocycles. The summed E-state index contributed by atoms with van der Waals surface area (Å²) in [5.41, 5.74) is 5.06. The van der Waals surface area contributed by atoms with E-state index in [2.05, 4.69) is 62.3 Å². The molecule has 2 rings (SSSR count). The number of nitrogens with zero attached hydrogens (tertiary/aromatic N) is 2. The Morgan fingerprint density at radius 1 is 1.31 bits per heavy atom. The molecule has 86 valence electrons. The van der Waals surface area contributed by atoms with Crippen molar-refractivity contribution in [3.05, 3.63) is 35.3 Å². The minimum absolute atomic E-state index is 0.188. The van der Waals surface area contributed by atoms with Crippen molar-refractivity contribution in [2.75, 3.05) is 0 Å². The maximum atomic E-state index is 4.62. The van der Waals surface area contributed by atoms with E-state index in [0.29, 0.717) is 0 Å². The second-order valence-corrected chi connectivity index (χ2v) is 5.39. The number of hydrogen-bond donors (Lipinski definition) is 0. The van der Waals surface area contributed by atoms with Crippen molar-refractivity contribution in [3.8, 4) is 0 Å². The summed E-state index contributed by atoms with van der Waals surface area (Å²) in [6, 6.07) is 4.40. The molecule has 0 unspecified atom stereocenters. The number of hydrogen-bond acceptors (Lipinski definition) is 1. The molecule has 2 heteroatoms. The Morgan fingerprint density at radius 3 is 2.56 bits per heavy atom. The molecule has 2 aromatic rings. The maximum absolute atomic E-state index is 4.62. The van der Waals surface area contributed by atoms with Crippen LogP contribution in [-0.4, -0.2) is 9.38 Å². The summed E-state index contributed by atoms with van der Waals surface area (Å²) in [7, 11) is 0. The Labute approximate surface area is 97.3 Å². The van der Waals surface area contributed by atoms with Crippen LogP contribution in [0.25, 0.3) is 5.65 Å². The van der Waals surface area contributed by atoms with Crippen molar-refractivity contribution in [3.63, 3.8) is 0 Å². The highest BCUT2D eigenvalue weighted by molar-refractivity contribution is 5.47. The van der Waals surface area contributed by atoms with E-state index in [0.717, 1.165) is 17.8 Å². The first kappa shape index (κ1) is 11.2. The normalized spacial score (nSPS) is 12.3. The number of pyridine rings is 1. The largest absolute Gasteiger partial charge is 0.304 e. The maximum Gasteiger partial charge on any atom is 0.137 e. The van der Waals surface area contributed by atoms with E-state index in [9.17, 15) is 0 Å². The van der Waals surface area contributed by atoms with Gasteiger partial charge in [0.05, 0.1) is 5.69 Å². The van der Waals surface area contributed by atoms with E-state index in [1.807, 2.05) is 0 Å². The number of aryl methyl sites for hydroxylation is 2. The summed E-state index contributed by atoms with van der Waals surface area (Å²) in [6.07, 6.45) is 3.18. The van der Waals surface area contributed by atoms with Gasteiger partial charge in [-0.15, -0.1) is 0 Å². The third-order valence-electron chi connectivity index (χ3n) is 3.13. The third-order valence-corrected chi connectivity index (χ3v) is 3.13. The average molecular weight is 216 g/mol. The Hall–Kier alpha value is -1.31. The molecular formula is C14H20N2. The molecule has 0 amide bonds. The van der Waals surface area contributed by atoms with Gasteiger partial charge in [-0.3, -0.25) is 0 Å². The highest BCUT2D eigenvalue weighted by Crippen LogP contribution is 2.24. The molecule has 0 aliphatic carbocycles. The molecule has 16 heavy (non-hydrogen) atoms. The third kappa shape index (κ3) is 1.73. The van der Waals surface area contributed by atoms with E-state index < -0.39 is 0 Å². The van der Waals surface area contributed by atoms with E-state index in [1.54, 1.807) is 0 Å². The first-order valence-electron chi connectivity index (χ1n) is 5.91. The van der Waals surface area contributed by atoms with E-state index in [4.69, 9.17) is 0 Å². The van der Waals surface area contributed by atoms with Crippen LogP contribution < -0.4 is 0 Å². The molecule has 2 heterocycles. The van der Waals surface area contributed by atoms with Crippen molar-refractivity contribution in [1.82, 2.24) is 9.38 Å². The zero-order valence-electron chi connectivity index (χ0n) is 10.8. The van der Waals surface area contributed by atoms with E-state index in [-0.39, 0.29) is 5.41 Å². The van der Waals surface area contributed by atoms with Crippen LogP contribution in [0.1, 0.15) is 44.6 Å². The van der Waals surface area contributed by atoms with Gasteiger partial charge in [-0.1, -0.05) is 27.7 Å². The van der Waals surface area contributed by atoms with Gasteiger partial charge in [0.1, 0.15) is 5.65 Å². The SMILES string of the molecule is CCc1c(C)nc2cc(C(C)(C)C)ccn12. The topological polar surface area (TPSA) is 17.3 Å². The first-order chi connectivity index (χ1) is 7.43. The smallest absolute Gasteiger partial charge is 0.137 e. The highest BCUT2D eigenvalue weighted by Gasteiger charge is 2.15. The fraction of sp³-hybridized carbons (Fsp3) is 0.500. The summed E-state index contributed by atoms with van der Waals surface area (Å²) in [6.45, 7) is 11.0. The van der Waals surface area contributed by atoms with Gasteiger partial charge in [-0.25, -0.2) is 4.98 Å². The van der Waals surface area contributed by atoms with E-state index >= 15 is 0 Å². The van der Waals surface area contributed by atoms with Gasteiger partial charge in [-0.05, 0) is 36.5 Å². The molecule has 0 N–H and O–H groups in total. The Balaban J connectivity index is 2.65. The molecule has 0 fully saturated rings. The summed E-state index contributed by atoms with van der Waals surface area (Å²) in [5.74, 6) is 0. The van der Waals surface area contributed by atoms with E-state index in [1.165, 1.54) is 11.3 Å². The van der Waals surface area contributed by atoms with Gasteiger partial charge in [0.2, 0.25) is 0 Å². The minimum Gasteiger partial charge on any atom is -0.304 e. The molecular weight excluding hydrogens is 196 g/mol. The molecule has 0 atom stereocenters. The van der Waals surface area contributed by atoms with Gasteiger partial charge >= 0.3 is 0 Å². The number of fused-ring (bicyclic) bond motifs is 1. The summed E-state index contributed by atoms with van der Waals surface area (Å²) >= 11 is 0. The van der Waals surface area contributed by atoms with Crippen LogP contribution in [0.3, 0.4) is 0 Å². The first-order valence-corrected chi connectivity index (χ1v) is 5.91. The van der Waals surface area contributed by atoms with Gasteiger partial charge in [-0.2, -0.15) is 0 Å². The van der Waals surface area contributed by atoms with Gasteiger partial charge in [0.15, 0.2) is 0 Å². The zero-order valence-corrected chi connectivity index (χ0v) is 10.8. The van der Waals surface area contributed by atoms with Crippen molar-refractivity contribution in [1.29, 1.82) is 0 Å². The zero-order chi connectivity index (χ0) is 11.9. The quantitative estimate of drug-likeness (QED) is 0.713. The molecule has 0 aliphatic rings. The summed E-state index contributed by atoms with van der Waals surface area (Å²) in [5, 5.41) is 0. The van der Waals surface area contributed by atoms with Crippen LogP contribution in [-0.2, 0) is 11.8 Å². The Morgan fingerprint density at radius 2 is 2.00 bits per heavy atom. The Bertz CT molecular complexity index is 515. The molecule has 0 spiro atoms. The number of imidazole rings is 1. The lowest BCUT2D eigenvalue weighted by Crippen LogP contribution is -2.11. The molecule has 0 radical (unpaired) electrons. The highest BCUT2D eigenvalue weighted by atomic mass is 15.0. The lowest BCUT2D eigenvalue weighted by Gasteiger charge is -2.18. The summed E-state index contributed by atoms with van der Waals surface area (Å²) in [4.78, 5) is 4.62. The lowest BCUT2D eigenvalue weighted by molar-refractivity contribution is 0.589. The van der Waals surface area contributed by atoms with Gasteiger partial charge in [0, 0.05) is 11.9 Å². The fourth-order valence-electron chi connectivity index (χ4n) is 2.11. The van der Waals surface area contributed by atoms with Gasteiger partial charge in [0.25, 0.3) is 0 Å². The van der Waals surface area contributed by atoms with Crippen molar-refractivity contribution in [2.24, 2.45) is 0 Å².